The van der Waals surface area contributed by atoms with E-state index in [2.05, 4.69) is 0 Å². The SMILES string of the molecule is CCOC(=O)CN(CC(C)C)C(=O)c1cc(N)cn1C. The fourth-order valence-electron chi connectivity index (χ4n) is 1.99. The Balaban J connectivity index is 2.89. The van der Waals surface area contributed by atoms with Crippen molar-refractivity contribution in [3.05, 3.63) is 18.0 Å². The fraction of sp³-hybridized carbons (Fsp3) is 0.571. The zero-order chi connectivity index (χ0) is 15.3. The number of amides is 1. The summed E-state index contributed by atoms with van der Waals surface area (Å²) in [5.41, 5.74) is 6.67. The summed E-state index contributed by atoms with van der Waals surface area (Å²) in [5, 5.41) is 0. The van der Waals surface area contributed by atoms with Gasteiger partial charge in [0, 0.05) is 19.8 Å². The zero-order valence-corrected chi connectivity index (χ0v) is 12.5. The van der Waals surface area contributed by atoms with Crippen LogP contribution in [-0.2, 0) is 16.6 Å². The van der Waals surface area contributed by atoms with Crippen LogP contribution in [0, 0.1) is 5.92 Å². The zero-order valence-electron chi connectivity index (χ0n) is 12.5. The maximum absolute atomic E-state index is 12.5. The second-order valence-corrected chi connectivity index (χ2v) is 5.15. The maximum Gasteiger partial charge on any atom is 0.325 e. The lowest BCUT2D eigenvalue weighted by Crippen LogP contribution is -2.39. The van der Waals surface area contributed by atoms with Crippen molar-refractivity contribution in [1.29, 1.82) is 0 Å². The molecule has 1 rings (SSSR count). The Morgan fingerprint density at radius 1 is 1.45 bits per heavy atom. The van der Waals surface area contributed by atoms with Gasteiger partial charge in [0.15, 0.2) is 0 Å². The Kier molecular flexibility index (Phi) is 5.61. The second-order valence-electron chi connectivity index (χ2n) is 5.15. The summed E-state index contributed by atoms with van der Waals surface area (Å²) in [4.78, 5) is 25.6. The Bertz CT molecular complexity index is 480. The molecule has 6 heteroatoms. The molecule has 1 aromatic rings. The average molecular weight is 281 g/mol. The summed E-state index contributed by atoms with van der Waals surface area (Å²) in [6.07, 6.45) is 1.67. The van der Waals surface area contributed by atoms with E-state index in [1.807, 2.05) is 13.8 Å². The highest BCUT2D eigenvalue weighted by atomic mass is 16.5. The van der Waals surface area contributed by atoms with E-state index in [1.165, 1.54) is 4.90 Å². The van der Waals surface area contributed by atoms with E-state index >= 15 is 0 Å². The van der Waals surface area contributed by atoms with E-state index in [0.29, 0.717) is 24.5 Å². The van der Waals surface area contributed by atoms with E-state index in [9.17, 15) is 9.59 Å². The molecular weight excluding hydrogens is 258 g/mol. The van der Waals surface area contributed by atoms with E-state index < -0.39 is 5.97 Å². The van der Waals surface area contributed by atoms with Gasteiger partial charge in [0.1, 0.15) is 12.2 Å². The molecule has 0 atom stereocenters. The molecule has 1 amide bonds. The van der Waals surface area contributed by atoms with Crippen LogP contribution >= 0.6 is 0 Å². The number of anilines is 1. The van der Waals surface area contributed by atoms with Crippen molar-refractivity contribution in [2.24, 2.45) is 13.0 Å². The van der Waals surface area contributed by atoms with Gasteiger partial charge >= 0.3 is 5.97 Å². The number of aromatic nitrogens is 1. The first-order valence-electron chi connectivity index (χ1n) is 6.71. The minimum Gasteiger partial charge on any atom is -0.465 e. The van der Waals surface area contributed by atoms with Crippen LogP contribution in [0.2, 0.25) is 0 Å². The van der Waals surface area contributed by atoms with Crippen molar-refractivity contribution in [2.45, 2.75) is 20.8 Å². The Labute approximate surface area is 119 Å². The molecule has 6 nitrogen and oxygen atoms in total. The van der Waals surface area contributed by atoms with Crippen LogP contribution in [0.25, 0.3) is 0 Å². The third-order valence-electron chi connectivity index (χ3n) is 2.74. The molecule has 0 bridgehead atoms. The van der Waals surface area contributed by atoms with Crippen molar-refractivity contribution in [3.63, 3.8) is 0 Å². The van der Waals surface area contributed by atoms with Crippen LogP contribution in [0.4, 0.5) is 5.69 Å². The monoisotopic (exact) mass is 281 g/mol. The number of nitrogens with zero attached hydrogens (tertiary/aromatic N) is 2. The first kappa shape index (κ1) is 16.1. The highest BCUT2D eigenvalue weighted by Crippen LogP contribution is 2.13. The Hall–Kier alpha value is -1.98. The largest absolute Gasteiger partial charge is 0.465 e. The van der Waals surface area contributed by atoms with Crippen LogP contribution in [0.3, 0.4) is 0 Å². The van der Waals surface area contributed by atoms with Crippen molar-refractivity contribution >= 4 is 17.6 Å². The van der Waals surface area contributed by atoms with Gasteiger partial charge in [-0.2, -0.15) is 0 Å². The smallest absolute Gasteiger partial charge is 0.325 e. The first-order valence-corrected chi connectivity index (χ1v) is 6.71. The molecule has 1 heterocycles. The number of hydrogen-bond donors (Lipinski definition) is 1. The minimum absolute atomic E-state index is 0.0457. The van der Waals surface area contributed by atoms with Gasteiger partial charge in [-0.1, -0.05) is 13.8 Å². The number of ether oxygens (including phenoxy) is 1. The summed E-state index contributed by atoms with van der Waals surface area (Å²) in [6, 6.07) is 1.61. The standard InChI is InChI=1S/C14H23N3O3/c1-5-20-13(18)9-17(7-10(2)3)14(19)12-6-11(15)8-16(12)4/h6,8,10H,5,7,9,15H2,1-4H3. The van der Waals surface area contributed by atoms with E-state index in [-0.39, 0.29) is 18.4 Å². The molecule has 0 aliphatic carbocycles. The van der Waals surface area contributed by atoms with Crippen molar-refractivity contribution in [1.82, 2.24) is 9.47 Å². The molecule has 0 saturated heterocycles. The molecular formula is C14H23N3O3. The normalized spacial score (nSPS) is 10.7. The number of nitrogen functional groups attached to an aromatic ring is 1. The third-order valence-corrected chi connectivity index (χ3v) is 2.74. The molecule has 0 aliphatic rings. The fourth-order valence-corrected chi connectivity index (χ4v) is 1.99. The van der Waals surface area contributed by atoms with Gasteiger partial charge in [-0.05, 0) is 18.9 Å². The van der Waals surface area contributed by atoms with E-state index in [0.717, 1.165) is 0 Å². The van der Waals surface area contributed by atoms with Crippen molar-refractivity contribution in [3.8, 4) is 0 Å². The Morgan fingerprint density at radius 3 is 2.55 bits per heavy atom. The minimum atomic E-state index is -0.399. The average Bonchev–Trinajstić information content (AvgIpc) is 2.66. The number of nitrogens with two attached hydrogens (primary N) is 1. The van der Waals surface area contributed by atoms with Crippen LogP contribution in [0.5, 0.6) is 0 Å². The van der Waals surface area contributed by atoms with Crippen LogP contribution < -0.4 is 5.73 Å². The lowest BCUT2D eigenvalue weighted by atomic mass is 10.2. The second kappa shape index (κ2) is 6.98. The summed E-state index contributed by atoms with van der Waals surface area (Å²) in [5.74, 6) is -0.361. The number of esters is 1. The summed E-state index contributed by atoms with van der Waals surface area (Å²) in [6.45, 7) is 6.47. The van der Waals surface area contributed by atoms with Crippen LogP contribution in [0.1, 0.15) is 31.3 Å². The van der Waals surface area contributed by atoms with Gasteiger partial charge in [-0.3, -0.25) is 9.59 Å². The van der Waals surface area contributed by atoms with Crippen LogP contribution in [0.15, 0.2) is 12.3 Å². The van der Waals surface area contributed by atoms with E-state index in [1.54, 1.807) is 30.8 Å². The lowest BCUT2D eigenvalue weighted by molar-refractivity contribution is -0.143. The molecule has 0 aromatic carbocycles. The highest BCUT2D eigenvalue weighted by molar-refractivity contribution is 5.95. The van der Waals surface area contributed by atoms with Gasteiger partial charge < -0.3 is 19.9 Å². The first-order chi connectivity index (χ1) is 9.35. The number of rotatable bonds is 6. The number of aryl methyl sites for hydroxylation is 1. The Morgan fingerprint density at radius 2 is 2.10 bits per heavy atom. The predicted molar refractivity (Wildman–Crippen MR) is 77.2 cm³/mol. The summed E-state index contributed by atoms with van der Waals surface area (Å²) >= 11 is 0. The van der Waals surface area contributed by atoms with Gasteiger partial charge in [0.05, 0.1) is 12.3 Å². The summed E-state index contributed by atoms with van der Waals surface area (Å²) in [7, 11) is 1.75. The van der Waals surface area contributed by atoms with Crippen molar-refractivity contribution in [2.75, 3.05) is 25.4 Å². The molecule has 112 valence electrons. The quantitative estimate of drug-likeness (QED) is 0.796. The molecule has 0 radical (unpaired) electrons. The van der Waals surface area contributed by atoms with E-state index in [4.69, 9.17) is 10.5 Å². The highest BCUT2D eigenvalue weighted by Gasteiger charge is 2.22. The molecule has 1 aromatic heterocycles. The van der Waals surface area contributed by atoms with Crippen molar-refractivity contribution < 1.29 is 14.3 Å². The lowest BCUT2D eigenvalue weighted by Gasteiger charge is -2.23. The van der Waals surface area contributed by atoms with Gasteiger partial charge in [-0.25, -0.2) is 0 Å². The molecule has 0 spiro atoms. The number of carbonyl (C=O) groups excluding carboxylic acids is 2. The molecule has 0 fully saturated rings. The number of carbonyl (C=O) groups is 2. The maximum atomic E-state index is 12.5. The third kappa shape index (κ3) is 4.29. The molecule has 0 saturated carbocycles. The molecule has 20 heavy (non-hydrogen) atoms. The van der Waals surface area contributed by atoms with Gasteiger partial charge in [-0.15, -0.1) is 0 Å². The molecule has 0 aliphatic heterocycles. The molecule has 0 unspecified atom stereocenters. The topological polar surface area (TPSA) is 77.6 Å². The summed E-state index contributed by atoms with van der Waals surface area (Å²) < 4.78 is 6.57. The molecule has 2 N–H and O–H groups in total. The predicted octanol–water partition coefficient (Wildman–Crippen LogP) is 1.27. The number of hydrogen-bond acceptors (Lipinski definition) is 4. The van der Waals surface area contributed by atoms with Gasteiger partial charge in [0.2, 0.25) is 0 Å². The van der Waals surface area contributed by atoms with Crippen LogP contribution in [-0.4, -0.2) is 41.0 Å². The van der Waals surface area contributed by atoms with Gasteiger partial charge in [0.25, 0.3) is 5.91 Å².